The summed E-state index contributed by atoms with van der Waals surface area (Å²) in [4.78, 5) is 26.2. The fraction of sp³-hybridized carbons (Fsp3) is 0.263. The van der Waals surface area contributed by atoms with E-state index in [4.69, 9.17) is 11.6 Å². The molecule has 1 aliphatic heterocycles. The number of hydrogen-bond acceptors (Lipinski definition) is 3. The molecule has 5 nitrogen and oxygen atoms in total. The molecule has 130 valence electrons. The second-order valence-corrected chi connectivity index (χ2v) is 6.42. The summed E-state index contributed by atoms with van der Waals surface area (Å²) >= 11 is 5.82. The highest BCUT2D eigenvalue weighted by Crippen LogP contribution is 2.16. The number of amides is 2. The molecule has 0 radical (unpaired) electrons. The quantitative estimate of drug-likeness (QED) is 0.859. The molecule has 25 heavy (non-hydrogen) atoms. The van der Waals surface area contributed by atoms with E-state index in [-0.39, 0.29) is 18.4 Å². The first-order valence-electron chi connectivity index (χ1n) is 8.30. The van der Waals surface area contributed by atoms with Gasteiger partial charge in [-0.25, -0.2) is 0 Å². The van der Waals surface area contributed by atoms with Crippen molar-refractivity contribution in [2.45, 2.75) is 12.8 Å². The largest absolute Gasteiger partial charge is 0.376 e. The molecule has 0 atom stereocenters. The number of carbonyl (C=O) groups excluding carboxylic acids is 2. The third-order valence-electron chi connectivity index (χ3n) is 4.11. The maximum Gasteiger partial charge on any atom is 0.253 e. The molecule has 2 aromatic rings. The van der Waals surface area contributed by atoms with Gasteiger partial charge in [-0.3, -0.25) is 9.59 Å². The molecule has 1 fully saturated rings. The normalized spacial score (nSPS) is 13.6. The van der Waals surface area contributed by atoms with Crippen molar-refractivity contribution in [1.29, 1.82) is 0 Å². The zero-order valence-electron chi connectivity index (χ0n) is 13.8. The Hall–Kier alpha value is -2.53. The molecular weight excluding hydrogens is 338 g/mol. The molecule has 0 bridgehead atoms. The van der Waals surface area contributed by atoms with Gasteiger partial charge in [-0.05, 0) is 61.4 Å². The molecule has 1 heterocycles. The predicted octanol–water partition coefficient (Wildman–Crippen LogP) is 3.63. The SMILES string of the molecule is O=C(CNc1ccc(Cl)cc1)Nc1ccc(C(=O)N2CCCC2)cc1. The van der Waals surface area contributed by atoms with Gasteiger partial charge in [-0.1, -0.05) is 11.6 Å². The zero-order valence-corrected chi connectivity index (χ0v) is 14.6. The number of halogens is 1. The van der Waals surface area contributed by atoms with E-state index in [2.05, 4.69) is 10.6 Å². The Kier molecular flexibility index (Phi) is 5.56. The summed E-state index contributed by atoms with van der Waals surface area (Å²) in [5.74, 6) is -0.103. The zero-order chi connectivity index (χ0) is 17.6. The second-order valence-electron chi connectivity index (χ2n) is 5.99. The van der Waals surface area contributed by atoms with Crippen molar-refractivity contribution in [1.82, 2.24) is 4.90 Å². The molecule has 3 rings (SSSR count). The molecule has 1 aliphatic rings. The van der Waals surface area contributed by atoms with Crippen molar-refractivity contribution in [2.24, 2.45) is 0 Å². The number of rotatable bonds is 5. The highest BCUT2D eigenvalue weighted by Gasteiger charge is 2.19. The van der Waals surface area contributed by atoms with E-state index >= 15 is 0 Å². The minimum absolute atomic E-state index is 0.0554. The van der Waals surface area contributed by atoms with E-state index < -0.39 is 0 Å². The Morgan fingerprint density at radius 3 is 2.16 bits per heavy atom. The average Bonchev–Trinajstić information content (AvgIpc) is 3.16. The van der Waals surface area contributed by atoms with Gasteiger partial charge in [0, 0.05) is 35.1 Å². The first-order chi connectivity index (χ1) is 12.1. The number of nitrogens with zero attached hydrogens (tertiary/aromatic N) is 1. The monoisotopic (exact) mass is 357 g/mol. The maximum absolute atomic E-state index is 12.3. The molecule has 2 amide bonds. The van der Waals surface area contributed by atoms with Crippen LogP contribution in [0.4, 0.5) is 11.4 Å². The van der Waals surface area contributed by atoms with Crippen LogP contribution in [0, 0.1) is 0 Å². The van der Waals surface area contributed by atoms with E-state index in [0.29, 0.717) is 16.3 Å². The lowest BCUT2D eigenvalue weighted by atomic mass is 10.2. The van der Waals surface area contributed by atoms with Crippen molar-refractivity contribution in [2.75, 3.05) is 30.3 Å². The highest BCUT2D eigenvalue weighted by molar-refractivity contribution is 6.30. The van der Waals surface area contributed by atoms with Gasteiger partial charge in [-0.2, -0.15) is 0 Å². The molecule has 0 spiro atoms. The van der Waals surface area contributed by atoms with Crippen molar-refractivity contribution in [3.05, 3.63) is 59.1 Å². The van der Waals surface area contributed by atoms with Crippen molar-refractivity contribution >= 4 is 34.8 Å². The third kappa shape index (κ3) is 4.73. The van der Waals surface area contributed by atoms with Crippen molar-refractivity contribution in [3.8, 4) is 0 Å². The molecular formula is C19H20ClN3O2. The smallest absolute Gasteiger partial charge is 0.253 e. The van der Waals surface area contributed by atoms with Gasteiger partial charge >= 0.3 is 0 Å². The summed E-state index contributed by atoms with van der Waals surface area (Å²) in [5, 5.41) is 6.49. The Morgan fingerprint density at radius 2 is 1.52 bits per heavy atom. The lowest BCUT2D eigenvalue weighted by molar-refractivity contribution is -0.114. The number of carbonyl (C=O) groups is 2. The Balaban J connectivity index is 1.51. The highest BCUT2D eigenvalue weighted by atomic mass is 35.5. The number of nitrogens with one attached hydrogen (secondary N) is 2. The van der Waals surface area contributed by atoms with Crippen molar-refractivity contribution in [3.63, 3.8) is 0 Å². The topological polar surface area (TPSA) is 61.4 Å². The first-order valence-corrected chi connectivity index (χ1v) is 8.68. The lowest BCUT2D eigenvalue weighted by Gasteiger charge is -2.15. The molecule has 2 N–H and O–H groups in total. The van der Waals surface area contributed by atoms with Crippen molar-refractivity contribution < 1.29 is 9.59 Å². The third-order valence-corrected chi connectivity index (χ3v) is 4.36. The number of anilines is 2. The molecule has 0 unspecified atom stereocenters. The predicted molar refractivity (Wildman–Crippen MR) is 100 cm³/mol. The van der Waals surface area contributed by atoms with Gasteiger partial charge in [-0.15, -0.1) is 0 Å². The fourth-order valence-electron chi connectivity index (χ4n) is 2.75. The summed E-state index contributed by atoms with van der Waals surface area (Å²) in [5.41, 5.74) is 2.14. The van der Waals surface area contributed by atoms with Gasteiger partial charge in [0.15, 0.2) is 0 Å². The molecule has 0 aliphatic carbocycles. The second kappa shape index (κ2) is 8.03. The standard InChI is InChI=1S/C19H20ClN3O2/c20-15-5-9-16(10-6-15)21-13-18(24)22-17-7-3-14(4-8-17)19(25)23-11-1-2-12-23/h3-10,21H,1-2,11-13H2,(H,22,24). The molecule has 2 aromatic carbocycles. The maximum atomic E-state index is 12.3. The fourth-order valence-corrected chi connectivity index (χ4v) is 2.88. The Labute approximate surface area is 152 Å². The summed E-state index contributed by atoms with van der Waals surface area (Å²) in [6.07, 6.45) is 2.14. The van der Waals surface area contributed by atoms with Gasteiger partial charge in [0.25, 0.3) is 5.91 Å². The number of hydrogen-bond donors (Lipinski definition) is 2. The van der Waals surface area contributed by atoms with Crippen LogP contribution in [0.2, 0.25) is 5.02 Å². The van der Waals surface area contributed by atoms with Gasteiger partial charge < -0.3 is 15.5 Å². The van der Waals surface area contributed by atoms with E-state index in [1.165, 1.54) is 0 Å². The van der Waals surface area contributed by atoms with Crippen LogP contribution in [-0.4, -0.2) is 36.3 Å². The Bertz CT molecular complexity index is 738. The summed E-state index contributed by atoms with van der Waals surface area (Å²) in [6.45, 7) is 1.80. The molecule has 1 saturated heterocycles. The van der Waals surface area contributed by atoms with E-state index in [1.807, 2.05) is 17.0 Å². The van der Waals surface area contributed by atoms with Crippen LogP contribution in [0.1, 0.15) is 23.2 Å². The summed E-state index contributed by atoms with van der Waals surface area (Å²) in [7, 11) is 0. The van der Waals surface area contributed by atoms with Crippen LogP contribution in [0.5, 0.6) is 0 Å². The van der Waals surface area contributed by atoms with E-state index in [9.17, 15) is 9.59 Å². The van der Waals surface area contributed by atoms with Crippen LogP contribution in [0.15, 0.2) is 48.5 Å². The van der Waals surface area contributed by atoms with E-state index in [0.717, 1.165) is 31.6 Å². The first kappa shape index (κ1) is 17.3. The van der Waals surface area contributed by atoms with Gasteiger partial charge in [0.05, 0.1) is 6.54 Å². The molecule has 0 aromatic heterocycles. The minimum Gasteiger partial charge on any atom is -0.376 e. The van der Waals surface area contributed by atoms with Crippen LogP contribution < -0.4 is 10.6 Å². The van der Waals surface area contributed by atoms with Crippen LogP contribution in [0.25, 0.3) is 0 Å². The van der Waals surface area contributed by atoms with Crippen LogP contribution >= 0.6 is 11.6 Å². The van der Waals surface area contributed by atoms with Crippen LogP contribution in [-0.2, 0) is 4.79 Å². The number of likely N-dealkylation sites (tertiary alicyclic amines) is 1. The van der Waals surface area contributed by atoms with E-state index in [1.54, 1.807) is 36.4 Å². The Morgan fingerprint density at radius 1 is 0.920 bits per heavy atom. The number of benzene rings is 2. The van der Waals surface area contributed by atoms with Gasteiger partial charge in [0.2, 0.25) is 5.91 Å². The minimum atomic E-state index is -0.159. The average molecular weight is 358 g/mol. The lowest BCUT2D eigenvalue weighted by Crippen LogP contribution is -2.27. The van der Waals surface area contributed by atoms with Crippen LogP contribution in [0.3, 0.4) is 0 Å². The molecule has 0 saturated carbocycles. The van der Waals surface area contributed by atoms with Gasteiger partial charge in [0.1, 0.15) is 0 Å². The summed E-state index contributed by atoms with van der Waals surface area (Å²) < 4.78 is 0. The molecule has 6 heteroatoms. The summed E-state index contributed by atoms with van der Waals surface area (Å²) in [6, 6.07) is 14.2.